The van der Waals surface area contributed by atoms with Gasteiger partial charge in [-0.25, -0.2) is 4.98 Å². The molecule has 0 saturated carbocycles. The molecule has 2 rings (SSSR count). The first-order valence-corrected chi connectivity index (χ1v) is 6.94. The molecule has 0 unspecified atom stereocenters. The Morgan fingerprint density at radius 1 is 1.35 bits per heavy atom. The van der Waals surface area contributed by atoms with Crippen LogP contribution in [0.1, 0.15) is 13.3 Å². The molecule has 0 spiro atoms. The zero-order chi connectivity index (χ0) is 14.5. The fourth-order valence-corrected chi connectivity index (χ4v) is 2.15. The van der Waals surface area contributed by atoms with Gasteiger partial charge in [-0.3, -0.25) is 10.1 Å². The first kappa shape index (κ1) is 14.5. The van der Waals surface area contributed by atoms with E-state index in [1.165, 1.54) is 6.07 Å². The van der Waals surface area contributed by atoms with Gasteiger partial charge in [0.05, 0.1) is 17.1 Å². The van der Waals surface area contributed by atoms with Crippen LogP contribution in [0.4, 0.5) is 17.3 Å². The average Bonchev–Trinajstić information content (AvgIpc) is 2.45. The molecule has 1 aromatic heterocycles. The van der Waals surface area contributed by atoms with Crippen LogP contribution in [0.2, 0.25) is 0 Å². The number of pyridine rings is 1. The fraction of sp³-hybridized carbons (Fsp3) is 0.615. The Bertz CT molecular complexity index is 472. The van der Waals surface area contributed by atoms with Gasteiger partial charge in [0.1, 0.15) is 11.6 Å². The second kappa shape index (κ2) is 6.51. The van der Waals surface area contributed by atoms with E-state index in [0.717, 1.165) is 39.1 Å². The Hall–Kier alpha value is -1.89. The molecular formula is C13H21N5O2. The fourth-order valence-electron chi connectivity index (χ4n) is 2.15. The maximum Gasteiger partial charge on any atom is 0.276 e. The molecule has 1 aliphatic rings. The Morgan fingerprint density at radius 2 is 2.05 bits per heavy atom. The van der Waals surface area contributed by atoms with Crippen LogP contribution >= 0.6 is 0 Å². The number of nitrogens with zero attached hydrogens (tertiary/aromatic N) is 4. The summed E-state index contributed by atoms with van der Waals surface area (Å²) < 4.78 is 0. The summed E-state index contributed by atoms with van der Waals surface area (Å²) in [6, 6.07) is 3.05. The summed E-state index contributed by atoms with van der Waals surface area (Å²) in [6.45, 7) is 6.39. The average molecular weight is 279 g/mol. The molecule has 0 aromatic carbocycles. The SMILES string of the molecule is CCCNc1cc([N+](=O)[O-])cc(N2CCN(C)CC2)n1. The standard InChI is InChI=1S/C13H21N5O2/c1-3-4-14-12-9-11(18(19)20)10-13(15-12)17-7-5-16(2)6-8-17/h9-10H,3-8H2,1-2H3,(H,14,15). The number of nitrogens with one attached hydrogen (secondary N) is 1. The molecule has 7 nitrogen and oxygen atoms in total. The lowest BCUT2D eigenvalue weighted by Crippen LogP contribution is -2.44. The Labute approximate surface area is 118 Å². The van der Waals surface area contributed by atoms with E-state index in [-0.39, 0.29) is 10.6 Å². The summed E-state index contributed by atoms with van der Waals surface area (Å²) in [5, 5.41) is 14.2. The van der Waals surface area contributed by atoms with Gasteiger partial charge in [0.25, 0.3) is 5.69 Å². The van der Waals surface area contributed by atoms with E-state index >= 15 is 0 Å². The maximum absolute atomic E-state index is 11.0. The van der Waals surface area contributed by atoms with E-state index in [4.69, 9.17) is 0 Å². The van der Waals surface area contributed by atoms with Crippen LogP contribution in [-0.4, -0.2) is 54.6 Å². The minimum absolute atomic E-state index is 0.0903. The summed E-state index contributed by atoms with van der Waals surface area (Å²) in [4.78, 5) is 19.5. The quantitative estimate of drug-likeness (QED) is 0.651. The molecule has 2 heterocycles. The Balaban J connectivity index is 2.22. The first-order chi connectivity index (χ1) is 9.60. The van der Waals surface area contributed by atoms with Crippen LogP contribution in [0, 0.1) is 10.1 Å². The third-order valence-corrected chi connectivity index (χ3v) is 3.39. The van der Waals surface area contributed by atoms with Crippen molar-refractivity contribution in [2.75, 3.05) is 50.0 Å². The van der Waals surface area contributed by atoms with Gasteiger partial charge in [-0.05, 0) is 13.5 Å². The normalized spacial score (nSPS) is 16.2. The molecule has 1 fully saturated rings. The predicted octanol–water partition coefficient (Wildman–Crippen LogP) is 1.56. The second-order valence-electron chi connectivity index (χ2n) is 5.04. The number of hydrogen-bond acceptors (Lipinski definition) is 6. The summed E-state index contributed by atoms with van der Waals surface area (Å²) in [5.74, 6) is 1.26. The van der Waals surface area contributed by atoms with Gasteiger partial charge in [0, 0.05) is 32.7 Å². The van der Waals surface area contributed by atoms with Crippen molar-refractivity contribution in [1.29, 1.82) is 0 Å². The highest BCUT2D eigenvalue weighted by molar-refractivity contribution is 5.56. The number of anilines is 2. The number of piperazine rings is 1. The van der Waals surface area contributed by atoms with Gasteiger partial charge < -0.3 is 15.1 Å². The molecule has 1 N–H and O–H groups in total. The van der Waals surface area contributed by atoms with E-state index in [0.29, 0.717) is 11.6 Å². The molecule has 1 aromatic rings. The molecule has 0 radical (unpaired) electrons. The minimum atomic E-state index is -0.363. The predicted molar refractivity (Wildman–Crippen MR) is 79.4 cm³/mol. The van der Waals surface area contributed by atoms with Crippen LogP contribution in [0.15, 0.2) is 12.1 Å². The van der Waals surface area contributed by atoms with E-state index in [9.17, 15) is 10.1 Å². The highest BCUT2D eigenvalue weighted by atomic mass is 16.6. The van der Waals surface area contributed by atoms with Gasteiger partial charge >= 0.3 is 0 Å². The summed E-state index contributed by atoms with van der Waals surface area (Å²) in [7, 11) is 2.08. The molecule has 0 aliphatic carbocycles. The maximum atomic E-state index is 11.0. The van der Waals surface area contributed by atoms with Gasteiger partial charge in [-0.15, -0.1) is 0 Å². The lowest BCUT2D eigenvalue weighted by Gasteiger charge is -2.33. The minimum Gasteiger partial charge on any atom is -0.370 e. The Kier molecular flexibility index (Phi) is 4.73. The van der Waals surface area contributed by atoms with Gasteiger partial charge in [0.15, 0.2) is 0 Å². The highest BCUT2D eigenvalue weighted by Gasteiger charge is 2.19. The molecule has 1 aliphatic heterocycles. The number of rotatable bonds is 5. The molecular weight excluding hydrogens is 258 g/mol. The van der Waals surface area contributed by atoms with Crippen molar-refractivity contribution in [1.82, 2.24) is 9.88 Å². The summed E-state index contributed by atoms with van der Waals surface area (Å²) in [5.41, 5.74) is 0.0903. The molecule has 1 saturated heterocycles. The summed E-state index contributed by atoms with van der Waals surface area (Å²) in [6.07, 6.45) is 0.953. The van der Waals surface area contributed by atoms with E-state index in [1.807, 2.05) is 6.92 Å². The zero-order valence-corrected chi connectivity index (χ0v) is 12.0. The highest BCUT2D eigenvalue weighted by Crippen LogP contribution is 2.24. The van der Waals surface area contributed by atoms with E-state index in [1.54, 1.807) is 6.07 Å². The first-order valence-electron chi connectivity index (χ1n) is 6.94. The van der Waals surface area contributed by atoms with Crippen molar-refractivity contribution in [3.63, 3.8) is 0 Å². The van der Waals surface area contributed by atoms with Crippen molar-refractivity contribution in [3.8, 4) is 0 Å². The van der Waals surface area contributed by atoms with Crippen LogP contribution in [-0.2, 0) is 0 Å². The van der Waals surface area contributed by atoms with Crippen LogP contribution in [0.3, 0.4) is 0 Å². The summed E-state index contributed by atoms with van der Waals surface area (Å²) >= 11 is 0. The molecule has 7 heteroatoms. The van der Waals surface area contributed by atoms with E-state index in [2.05, 4.69) is 27.1 Å². The van der Waals surface area contributed by atoms with Crippen molar-refractivity contribution in [3.05, 3.63) is 22.2 Å². The lowest BCUT2D eigenvalue weighted by molar-refractivity contribution is -0.384. The van der Waals surface area contributed by atoms with Gasteiger partial charge in [-0.1, -0.05) is 6.92 Å². The number of nitro groups is 1. The van der Waals surface area contributed by atoms with Crippen molar-refractivity contribution < 1.29 is 4.92 Å². The molecule has 0 atom stereocenters. The van der Waals surface area contributed by atoms with Crippen molar-refractivity contribution >= 4 is 17.3 Å². The largest absolute Gasteiger partial charge is 0.370 e. The third kappa shape index (κ3) is 3.57. The van der Waals surface area contributed by atoms with Crippen LogP contribution < -0.4 is 10.2 Å². The number of likely N-dealkylation sites (N-methyl/N-ethyl adjacent to an activating group) is 1. The van der Waals surface area contributed by atoms with Crippen LogP contribution in [0.5, 0.6) is 0 Å². The van der Waals surface area contributed by atoms with Gasteiger partial charge in [-0.2, -0.15) is 0 Å². The number of hydrogen-bond donors (Lipinski definition) is 1. The number of aromatic nitrogens is 1. The molecule has 110 valence electrons. The third-order valence-electron chi connectivity index (χ3n) is 3.39. The molecule has 0 bridgehead atoms. The van der Waals surface area contributed by atoms with E-state index < -0.39 is 0 Å². The van der Waals surface area contributed by atoms with Gasteiger partial charge in [0.2, 0.25) is 0 Å². The zero-order valence-electron chi connectivity index (χ0n) is 12.0. The lowest BCUT2D eigenvalue weighted by atomic mass is 10.3. The second-order valence-corrected chi connectivity index (χ2v) is 5.04. The monoisotopic (exact) mass is 279 g/mol. The molecule has 0 amide bonds. The van der Waals surface area contributed by atoms with Crippen LogP contribution in [0.25, 0.3) is 0 Å². The molecule has 20 heavy (non-hydrogen) atoms. The van der Waals surface area contributed by atoms with Crippen molar-refractivity contribution in [2.24, 2.45) is 0 Å². The topological polar surface area (TPSA) is 74.5 Å². The smallest absolute Gasteiger partial charge is 0.276 e. The van der Waals surface area contributed by atoms with Crippen molar-refractivity contribution in [2.45, 2.75) is 13.3 Å². The Morgan fingerprint density at radius 3 is 2.65 bits per heavy atom.